The minimum absolute atomic E-state index is 0.0992. The van der Waals surface area contributed by atoms with Gasteiger partial charge in [0.15, 0.2) is 0 Å². The van der Waals surface area contributed by atoms with E-state index in [1.807, 2.05) is 13.8 Å². The highest BCUT2D eigenvalue weighted by Crippen LogP contribution is 2.40. The van der Waals surface area contributed by atoms with E-state index >= 15 is 0 Å². The molecular weight excluding hydrogens is 215 g/mol. The third kappa shape index (κ3) is 3.71. The molecule has 0 amide bonds. The average Bonchev–Trinajstić information content (AvgIpc) is 2.50. The smallest absolute Gasteiger partial charge is 0.316 e. The molecule has 88 valence electrons. The molecule has 0 aromatic heterocycles. The van der Waals surface area contributed by atoms with Gasteiger partial charge in [0.05, 0.1) is 6.61 Å². The summed E-state index contributed by atoms with van der Waals surface area (Å²) >= 11 is 0. The first-order valence-corrected chi connectivity index (χ1v) is 6.58. The Morgan fingerprint density at radius 1 is 1.60 bits per heavy atom. The lowest BCUT2D eigenvalue weighted by Gasteiger charge is -2.30. The summed E-state index contributed by atoms with van der Waals surface area (Å²) in [7, 11) is -2.83. The van der Waals surface area contributed by atoms with Crippen molar-refractivity contribution in [3.63, 3.8) is 0 Å². The molecule has 2 unspecified atom stereocenters. The molecule has 0 spiro atoms. The summed E-state index contributed by atoms with van der Waals surface area (Å²) in [6.07, 6.45) is 3.26. The van der Waals surface area contributed by atoms with Crippen LogP contribution in [0, 0.1) is 11.3 Å². The molecule has 4 nitrogen and oxygen atoms in total. The van der Waals surface area contributed by atoms with Crippen LogP contribution in [-0.4, -0.2) is 17.3 Å². The van der Waals surface area contributed by atoms with E-state index < -0.39 is 8.25 Å². The lowest BCUT2D eigenvalue weighted by molar-refractivity contribution is -0.123. The molecule has 1 aliphatic carbocycles. The third-order valence-corrected chi connectivity index (χ3v) is 3.67. The van der Waals surface area contributed by atoms with E-state index in [1.165, 1.54) is 0 Å². The summed E-state index contributed by atoms with van der Waals surface area (Å²) in [4.78, 5) is 20.1. The molecule has 0 aliphatic heterocycles. The van der Waals surface area contributed by atoms with Gasteiger partial charge in [-0.25, -0.2) is 0 Å². The number of Topliss-reactive ketones (excluding diaryl/α,β-unsaturated/α-hetero) is 1. The molecule has 2 atom stereocenters. The zero-order chi connectivity index (χ0) is 11.5. The summed E-state index contributed by atoms with van der Waals surface area (Å²) in [6, 6.07) is 0. The van der Waals surface area contributed by atoms with Crippen LogP contribution in [-0.2, 0) is 13.9 Å². The van der Waals surface area contributed by atoms with Gasteiger partial charge in [0.25, 0.3) is 0 Å². The van der Waals surface area contributed by atoms with Gasteiger partial charge < -0.3 is 9.42 Å². The predicted molar refractivity (Wildman–Crippen MR) is 57.9 cm³/mol. The maximum absolute atomic E-state index is 11.6. The van der Waals surface area contributed by atoms with Crippen molar-refractivity contribution < 1.29 is 18.8 Å². The van der Waals surface area contributed by atoms with Crippen molar-refractivity contribution in [2.45, 2.75) is 39.5 Å². The van der Waals surface area contributed by atoms with Crippen LogP contribution in [0.3, 0.4) is 0 Å². The van der Waals surface area contributed by atoms with E-state index in [2.05, 4.69) is 4.52 Å². The summed E-state index contributed by atoms with van der Waals surface area (Å²) < 4.78 is 15.0. The molecule has 0 heterocycles. The predicted octanol–water partition coefficient (Wildman–Crippen LogP) is 2.17. The number of ketones is 1. The van der Waals surface area contributed by atoms with E-state index in [9.17, 15) is 9.36 Å². The average molecular weight is 234 g/mol. The molecular formula is C10H19O4P. The molecule has 1 rings (SSSR count). The SMILES string of the molecule is CC(C)(CCO[PH](=O)O)C1CCCC1=O. The van der Waals surface area contributed by atoms with E-state index in [0.717, 1.165) is 12.8 Å². The van der Waals surface area contributed by atoms with E-state index in [1.54, 1.807) is 0 Å². The molecule has 1 fully saturated rings. The lowest BCUT2D eigenvalue weighted by Crippen LogP contribution is -2.28. The van der Waals surface area contributed by atoms with Crippen LogP contribution in [0.1, 0.15) is 39.5 Å². The Kier molecular flexibility index (Phi) is 4.50. The minimum Gasteiger partial charge on any atom is -0.326 e. The first-order valence-electron chi connectivity index (χ1n) is 5.32. The summed E-state index contributed by atoms with van der Waals surface area (Å²) in [5.41, 5.74) is -0.120. The van der Waals surface area contributed by atoms with Crippen LogP contribution in [0.4, 0.5) is 0 Å². The van der Waals surface area contributed by atoms with Gasteiger partial charge in [-0.15, -0.1) is 0 Å². The van der Waals surface area contributed by atoms with Gasteiger partial charge in [0, 0.05) is 12.3 Å². The van der Waals surface area contributed by atoms with Gasteiger partial charge in [0.2, 0.25) is 0 Å². The van der Waals surface area contributed by atoms with Crippen LogP contribution in [0.15, 0.2) is 0 Å². The molecule has 0 aromatic rings. The van der Waals surface area contributed by atoms with Crippen molar-refractivity contribution >= 4 is 14.0 Å². The van der Waals surface area contributed by atoms with Gasteiger partial charge in [-0.2, -0.15) is 0 Å². The van der Waals surface area contributed by atoms with E-state index in [0.29, 0.717) is 18.6 Å². The van der Waals surface area contributed by atoms with Crippen molar-refractivity contribution in [2.75, 3.05) is 6.61 Å². The second-order valence-corrected chi connectivity index (χ2v) is 5.58. The molecule has 0 saturated heterocycles. The van der Waals surface area contributed by atoms with Crippen molar-refractivity contribution in [1.29, 1.82) is 0 Å². The first kappa shape index (κ1) is 12.9. The van der Waals surface area contributed by atoms with Gasteiger partial charge in [-0.3, -0.25) is 9.36 Å². The van der Waals surface area contributed by atoms with E-state index in [4.69, 9.17) is 4.89 Å². The monoisotopic (exact) mass is 234 g/mol. The highest BCUT2D eigenvalue weighted by atomic mass is 31.1. The molecule has 0 radical (unpaired) electrons. The molecule has 0 bridgehead atoms. The highest BCUT2D eigenvalue weighted by molar-refractivity contribution is 7.32. The summed E-state index contributed by atoms with van der Waals surface area (Å²) in [5.74, 6) is 0.429. The van der Waals surface area contributed by atoms with E-state index in [-0.39, 0.29) is 17.9 Å². The Bertz CT molecular complexity index is 262. The fraction of sp³-hybridized carbons (Fsp3) is 0.900. The van der Waals surface area contributed by atoms with Crippen molar-refractivity contribution in [2.24, 2.45) is 11.3 Å². The maximum atomic E-state index is 11.6. The third-order valence-electron chi connectivity index (χ3n) is 3.22. The Hall–Kier alpha value is -0.180. The van der Waals surface area contributed by atoms with Gasteiger partial charge >= 0.3 is 8.25 Å². The van der Waals surface area contributed by atoms with Gasteiger partial charge in [-0.1, -0.05) is 13.8 Å². The lowest BCUT2D eigenvalue weighted by atomic mass is 9.75. The summed E-state index contributed by atoms with van der Waals surface area (Å²) in [5, 5.41) is 0. The normalized spacial score (nSPS) is 24.5. The van der Waals surface area contributed by atoms with Crippen LogP contribution < -0.4 is 0 Å². The topological polar surface area (TPSA) is 63.6 Å². The molecule has 0 aromatic carbocycles. The first-order chi connectivity index (χ1) is 6.93. The number of carbonyl (C=O) groups excluding carboxylic acids is 1. The van der Waals surface area contributed by atoms with Gasteiger partial charge in [0.1, 0.15) is 5.78 Å². The molecule has 5 heteroatoms. The standard InChI is InChI=1S/C10H19O4P/c1-10(2,6-7-14-15(12)13)8-4-3-5-9(8)11/h8,15H,3-7H2,1-2H3,(H,12,13). The largest absolute Gasteiger partial charge is 0.326 e. The molecule has 1 saturated carbocycles. The number of carbonyl (C=O) groups is 1. The maximum Gasteiger partial charge on any atom is 0.316 e. The zero-order valence-electron chi connectivity index (χ0n) is 9.28. The van der Waals surface area contributed by atoms with Crippen molar-refractivity contribution in [1.82, 2.24) is 0 Å². The fourth-order valence-corrected chi connectivity index (χ4v) is 2.49. The van der Waals surface area contributed by atoms with Gasteiger partial charge in [-0.05, 0) is 24.7 Å². The van der Waals surface area contributed by atoms with Crippen LogP contribution in [0.2, 0.25) is 0 Å². The second kappa shape index (κ2) is 5.24. The Morgan fingerprint density at radius 2 is 2.27 bits per heavy atom. The number of rotatable bonds is 5. The van der Waals surface area contributed by atoms with Crippen LogP contribution in [0.5, 0.6) is 0 Å². The minimum atomic E-state index is -2.83. The zero-order valence-corrected chi connectivity index (χ0v) is 10.3. The summed E-state index contributed by atoms with van der Waals surface area (Å²) in [6.45, 7) is 4.31. The molecule has 1 N–H and O–H groups in total. The van der Waals surface area contributed by atoms with Crippen LogP contribution in [0.25, 0.3) is 0 Å². The quantitative estimate of drug-likeness (QED) is 0.740. The Balaban J connectivity index is 2.43. The fourth-order valence-electron chi connectivity index (χ4n) is 2.22. The van der Waals surface area contributed by atoms with Crippen LogP contribution >= 0.6 is 8.25 Å². The van der Waals surface area contributed by atoms with Crippen molar-refractivity contribution in [3.05, 3.63) is 0 Å². The number of hydrogen-bond acceptors (Lipinski definition) is 3. The second-order valence-electron chi connectivity index (χ2n) is 4.76. The molecule has 1 aliphatic rings. The Labute approximate surface area is 91.0 Å². The molecule has 15 heavy (non-hydrogen) atoms. The number of hydrogen-bond donors (Lipinski definition) is 1. The highest BCUT2D eigenvalue weighted by Gasteiger charge is 2.37. The Morgan fingerprint density at radius 3 is 2.73 bits per heavy atom. The van der Waals surface area contributed by atoms with Crippen molar-refractivity contribution in [3.8, 4) is 0 Å².